The molecule has 0 unspecified atom stereocenters. The highest BCUT2D eigenvalue weighted by atomic mass is 15.2. The van der Waals surface area contributed by atoms with Gasteiger partial charge in [-0.2, -0.15) is 0 Å². The second kappa shape index (κ2) is 4.78. The molecule has 0 aromatic carbocycles. The molecular weight excluding hydrogens is 148 g/mol. The lowest BCUT2D eigenvalue weighted by molar-refractivity contribution is 0.308. The minimum absolute atomic E-state index is 1.06. The van der Waals surface area contributed by atoms with Crippen LogP contribution >= 0.6 is 0 Å². The van der Waals surface area contributed by atoms with Gasteiger partial charge in [0.1, 0.15) is 0 Å². The maximum absolute atomic E-state index is 3.98. The fraction of sp³-hybridized carbons (Fsp3) is 0.400. The van der Waals surface area contributed by atoms with E-state index in [1.54, 1.807) is 6.08 Å². The van der Waals surface area contributed by atoms with Crippen molar-refractivity contribution in [3.8, 4) is 0 Å². The van der Waals surface area contributed by atoms with Crippen molar-refractivity contribution in [1.82, 2.24) is 10.2 Å². The smallest absolute Gasteiger partial charge is 0.0303 e. The van der Waals surface area contributed by atoms with Gasteiger partial charge >= 0.3 is 0 Å². The third kappa shape index (κ3) is 2.55. The Balaban J connectivity index is 2.39. The van der Waals surface area contributed by atoms with E-state index in [0.29, 0.717) is 0 Å². The predicted octanol–water partition coefficient (Wildman–Crippen LogP) is 1.15. The molecule has 1 aliphatic rings. The number of hydrogen-bond acceptors (Lipinski definition) is 2. The van der Waals surface area contributed by atoms with Crippen molar-refractivity contribution in [2.24, 2.45) is 0 Å². The van der Waals surface area contributed by atoms with Crippen LogP contribution in [0.5, 0.6) is 0 Å². The molecule has 1 fully saturated rings. The van der Waals surface area contributed by atoms with E-state index in [0.717, 1.165) is 31.9 Å². The van der Waals surface area contributed by atoms with E-state index < -0.39 is 0 Å². The van der Waals surface area contributed by atoms with Gasteiger partial charge in [-0.3, -0.25) is 0 Å². The molecule has 1 rings (SSSR count). The van der Waals surface area contributed by atoms with Gasteiger partial charge in [-0.15, -0.1) is 0 Å². The first-order valence-electron chi connectivity index (χ1n) is 4.28. The summed E-state index contributed by atoms with van der Waals surface area (Å²) in [5, 5.41) is 3.30. The average Bonchev–Trinajstić information content (AvgIpc) is 2.15. The second-order valence-electron chi connectivity index (χ2n) is 2.82. The first kappa shape index (κ1) is 9.07. The zero-order chi connectivity index (χ0) is 8.81. The van der Waals surface area contributed by atoms with E-state index in [9.17, 15) is 0 Å². The van der Waals surface area contributed by atoms with Gasteiger partial charge in [-0.1, -0.05) is 25.3 Å². The third-order valence-electron chi connectivity index (χ3n) is 1.95. The van der Waals surface area contributed by atoms with Crippen LogP contribution in [0.25, 0.3) is 0 Å². The summed E-state index contributed by atoms with van der Waals surface area (Å²) < 4.78 is 0. The quantitative estimate of drug-likeness (QED) is 0.629. The van der Waals surface area contributed by atoms with E-state index in [2.05, 4.69) is 23.4 Å². The molecule has 0 amide bonds. The van der Waals surface area contributed by atoms with Crippen molar-refractivity contribution in [3.63, 3.8) is 0 Å². The summed E-state index contributed by atoms with van der Waals surface area (Å²) in [6.45, 7) is 11.8. The van der Waals surface area contributed by atoms with E-state index in [1.807, 2.05) is 12.2 Å². The van der Waals surface area contributed by atoms with Crippen molar-refractivity contribution >= 4 is 0 Å². The van der Waals surface area contributed by atoms with Crippen LogP contribution in [-0.4, -0.2) is 31.1 Å². The minimum Gasteiger partial charge on any atom is -0.369 e. The fourth-order valence-corrected chi connectivity index (χ4v) is 1.24. The zero-order valence-corrected chi connectivity index (χ0v) is 7.42. The molecule has 0 radical (unpaired) electrons. The highest BCUT2D eigenvalue weighted by Crippen LogP contribution is 2.04. The lowest BCUT2D eigenvalue weighted by Gasteiger charge is -2.29. The van der Waals surface area contributed by atoms with Gasteiger partial charge in [0.25, 0.3) is 0 Å². The summed E-state index contributed by atoms with van der Waals surface area (Å²) in [5.74, 6) is 0. The molecule has 0 aromatic rings. The average molecular weight is 164 g/mol. The standard InChI is InChI=1S/C10H16N2/c1-3-4-5-10(2)12-8-6-11-7-9-12/h3-5,11H,1-2,6-9H2/b5-4-. The molecule has 1 heterocycles. The summed E-state index contributed by atoms with van der Waals surface area (Å²) >= 11 is 0. The fourth-order valence-electron chi connectivity index (χ4n) is 1.24. The Bertz CT molecular complexity index is 188. The summed E-state index contributed by atoms with van der Waals surface area (Å²) in [4.78, 5) is 2.27. The summed E-state index contributed by atoms with van der Waals surface area (Å²) in [5.41, 5.74) is 1.08. The molecule has 66 valence electrons. The normalized spacial score (nSPS) is 18.2. The van der Waals surface area contributed by atoms with Crippen LogP contribution in [0.1, 0.15) is 0 Å². The van der Waals surface area contributed by atoms with Gasteiger partial charge in [0, 0.05) is 31.9 Å². The highest BCUT2D eigenvalue weighted by Gasteiger charge is 2.08. The molecular formula is C10H16N2. The summed E-state index contributed by atoms with van der Waals surface area (Å²) in [7, 11) is 0. The maximum Gasteiger partial charge on any atom is 0.0303 e. The molecule has 1 N–H and O–H groups in total. The molecule has 12 heavy (non-hydrogen) atoms. The largest absolute Gasteiger partial charge is 0.369 e. The van der Waals surface area contributed by atoms with Crippen LogP contribution in [0.3, 0.4) is 0 Å². The van der Waals surface area contributed by atoms with Gasteiger partial charge in [0.05, 0.1) is 0 Å². The number of piperazine rings is 1. The molecule has 0 aromatic heterocycles. The molecule has 1 saturated heterocycles. The molecule has 1 aliphatic heterocycles. The molecule has 0 bridgehead atoms. The van der Waals surface area contributed by atoms with Crippen LogP contribution in [0.4, 0.5) is 0 Å². The van der Waals surface area contributed by atoms with E-state index >= 15 is 0 Å². The van der Waals surface area contributed by atoms with Crippen molar-refractivity contribution in [1.29, 1.82) is 0 Å². The Morgan fingerprint density at radius 1 is 1.33 bits per heavy atom. The van der Waals surface area contributed by atoms with Gasteiger partial charge in [0.15, 0.2) is 0 Å². The molecule has 0 aliphatic carbocycles. The van der Waals surface area contributed by atoms with Crippen molar-refractivity contribution < 1.29 is 0 Å². The maximum atomic E-state index is 3.98. The zero-order valence-electron chi connectivity index (χ0n) is 7.42. The van der Waals surface area contributed by atoms with Crippen LogP contribution < -0.4 is 5.32 Å². The van der Waals surface area contributed by atoms with E-state index in [-0.39, 0.29) is 0 Å². The van der Waals surface area contributed by atoms with Gasteiger partial charge in [0.2, 0.25) is 0 Å². The predicted molar refractivity (Wildman–Crippen MR) is 52.9 cm³/mol. The Kier molecular flexibility index (Phi) is 3.61. The Labute approximate surface area is 74.3 Å². The van der Waals surface area contributed by atoms with Crippen LogP contribution in [0.15, 0.2) is 37.1 Å². The topological polar surface area (TPSA) is 15.3 Å². The monoisotopic (exact) mass is 164 g/mol. The Morgan fingerprint density at radius 2 is 2.00 bits per heavy atom. The van der Waals surface area contributed by atoms with Crippen molar-refractivity contribution in [2.45, 2.75) is 0 Å². The molecule has 2 heteroatoms. The first-order chi connectivity index (χ1) is 5.84. The number of hydrogen-bond donors (Lipinski definition) is 1. The van der Waals surface area contributed by atoms with Crippen LogP contribution in [-0.2, 0) is 0 Å². The minimum atomic E-state index is 1.06. The Morgan fingerprint density at radius 3 is 2.58 bits per heavy atom. The number of allylic oxidation sites excluding steroid dienone is 3. The number of nitrogens with one attached hydrogen (secondary N) is 1. The first-order valence-corrected chi connectivity index (χ1v) is 4.28. The van der Waals surface area contributed by atoms with Crippen molar-refractivity contribution in [3.05, 3.63) is 37.1 Å². The van der Waals surface area contributed by atoms with Crippen LogP contribution in [0, 0.1) is 0 Å². The van der Waals surface area contributed by atoms with E-state index in [1.165, 1.54) is 0 Å². The third-order valence-corrected chi connectivity index (χ3v) is 1.95. The number of nitrogens with zero attached hydrogens (tertiary/aromatic N) is 1. The molecule has 0 atom stereocenters. The lowest BCUT2D eigenvalue weighted by atomic mass is 10.3. The second-order valence-corrected chi connectivity index (χ2v) is 2.82. The summed E-state index contributed by atoms with van der Waals surface area (Å²) in [6, 6.07) is 0. The molecule has 0 saturated carbocycles. The van der Waals surface area contributed by atoms with Gasteiger partial charge in [-0.05, 0) is 6.08 Å². The van der Waals surface area contributed by atoms with E-state index in [4.69, 9.17) is 0 Å². The molecule has 0 spiro atoms. The van der Waals surface area contributed by atoms with Gasteiger partial charge < -0.3 is 10.2 Å². The van der Waals surface area contributed by atoms with Gasteiger partial charge in [-0.25, -0.2) is 0 Å². The lowest BCUT2D eigenvalue weighted by Crippen LogP contribution is -2.42. The Hall–Kier alpha value is -1.02. The van der Waals surface area contributed by atoms with Crippen molar-refractivity contribution in [2.75, 3.05) is 26.2 Å². The van der Waals surface area contributed by atoms with Crippen LogP contribution in [0.2, 0.25) is 0 Å². The SMILES string of the molecule is C=C/C=C\C(=C)N1CCNCC1. The number of rotatable bonds is 3. The molecule has 2 nitrogen and oxygen atoms in total. The summed E-state index contributed by atoms with van der Waals surface area (Å²) in [6.07, 6.45) is 5.69. The highest BCUT2D eigenvalue weighted by molar-refractivity contribution is 5.17.